The van der Waals surface area contributed by atoms with Crippen LogP contribution >= 0.6 is 27.3 Å². The van der Waals surface area contributed by atoms with Gasteiger partial charge in [0.05, 0.1) is 6.04 Å². The van der Waals surface area contributed by atoms with Gasteiger partial charge in [-0.15, -0.1) is 11.3 Å². The van der Waals surface area contributed by atoms with Gasteiger partial charge in [0.25, 0.3) is 5.91 Å². The van der Waals surface area contributed by atoms with Gasteiger partial charge in [-0.05, 0) is 33.9 Å². The standard InChI is InChI=1S/C10H13BrN2OS/c1-2-13-5-7(6-13)12-10(14)9-8(11)3-4-15-9/h3-4,7H,2,5-6H2,1H3,(H,12,14). The minimum absolute atomic E-state index is 0.0395. The maximum absolute atomic E-state index is 11.8. The summed E-state index contributed by atoms with van der Waals surface area (Å²) in [7, 11) is 0. The number of hydrogen-bond acceptors (Lipinski definition) is 3. The maximum atomic E-state index is 11.8. The van der Waals surface area contributed by atoms with Gasteiger partial charge in [-0.25, -0.2) is 0 Å². The number of amides is 1. The van der Waals surface area contributed by atoms with Gasteiger partial charge in [-0.1, -0.05) is 6.92 Å². The molecule has 5 heteroatoms. The highest BCUT2D eigenvalue weighted by molar-refractivity contribution is 9.10. The lowest BCUT2D eigenvalue weighted by atomic mass is 10.1. The van der Waals surface area contributed by atoms with Gasteiger partial charge in [-0.2, -0.15) is 0 Å². The van der Waals surface area contributed by atoms with E-state index in [4.69, 9.17) is 0 Å². The van der Waals surface area contributed by atoms with E-state index in [0.717, 1.165) is 29.0 Å². The van der Waals surface area contributed by atoms with Crippen molar-refractivity contribution in [3.8, 4) is 0 Å². The number of halogens is 1. The predicted octanol–water partition coefficient (Wildman–Crippen LogP) is 1.94. The molecule has 1 aliphatic heterocycles. The molecule has 3 nitrogen and oxygen atoms in total. The summed E-state index contributed by atoms with van der Waals surface area (Å²) in [5.74, 6) is 0.0395. The number of carbonyl (C=O) groups is 1. The molecule has 1 N–H and O–H groups in total. The first-order chi connectivity index (χ1) is 7.20. The molecule has 15 heavy (non-hydrogen) atoms. The third-order valence-corrected chi connectivity index (χ3v) is 4.40. The molecule has 1 saturated heterocycles. The Morgan fingerprint density at radius 3 is 3.00 bits per heavy atom. The number of likely N-dealkylation sites (N-methyl/N-ethyl adjacent to an activating group) is 1. The quantitative estimate of drug-likeness (QED) is 0.922. The van der Waals surface area contributed by atoms with Gasteiger partial charge in [-0.3, -0.25) is 9.69 Å². The Morgan fingerprint density at radius 2 is 2.47 bits per heavy atom. The molecule has 0 unspecified atom stereocenters. The van der Waals surface area contributed by atoms with Crippen LogP contribution in [0.15, 0.2) is 15.9 Å². The van der Waals surface area contributed by atoms with Crippen molar-refractivity contribution in [1.29, 1.82) is 0 Å². The summed E-state index contributed by atoms with van der Waals surface area (Å²) < 4.78 is 0.886. The SMILES string of the molecule is CCN1CC(NC(=O)c2sccc2Br)C1. The Morgan fingerprint density at radius 1 is 1.73 bits per heavy atom. The molecule has 82 valence electrons. The number of carbonyl (C=O) groups excluding carboxylic acids is 1. The van der Waals surface area contributed by atoms with Gasteiger partial charge >= 0.3 is 0 Å². The van der Waals surface area contributed by atoms with Gasteiger partial charge in [0.2, 0.25) is 0 Å². The first-order valence-corrected chi connectivity index (χ1v) is 6.64. The molecule has 0 bridgehead atoms. The van der Waals surface area contributed by atoms with E-state index in [1.165, 1.54) is 11.3 Å². The molecule has 0 radical (unpaired) electrons. The van der Waals surface area contributed by atoms with E-state index in [0.29, 0.717) is 6.04 Å². The lowest BCUT2D eigenvalue weighted by Gasteiger charge is -2.38. The van der Waals surface area contributed by atoms with Crippen molar-refractivity contribution in [3.05, 3.63) is 20.8 Å². The van der Waals surface area contributed by atoms with Gasteiger partial charge < -0.3 is 5.32 Å². The van der Waals surface area contributed by atoms with Crippen molar-refractivity contribution in [1.82, 2.24) is 10.2 Å². The number of nitrogens with one attached hydrogen (secondary N) is 1. The summed E-state index contributed by atoms with van der Waals surface area (Å²) in [5.41, 5.74) is 0. The lowest BCUT2D eigenvalue weighted by Crippen LogP contribution is -2.58. The second-order valence-electron chi connectivity index (χ2n) is 3.62. The Hall–Kier alpha value is -0.390. The van der Waals surface area contributed by atoms with E-state index >= 15 is 0 Å². The third kappa shape index (κ3) is 2.41. The van der Waals surface area contributed by atoms with Gasteiger partial charge in [0.15, 0.2) is 0 Å². The van der Waals surface area contributed by atoms with Crippen LogP contribution in [0.4, 0.5) is 0 Å². The third-order valence-electron chi connectivity index (χ3n) is 2.56. The average molecular weight is 289 g/mol. The Labute approximate surface area is 102 Å². The highest BCUT2D eigenvalue weighted by atomic mass is 79.9. The van der Waals surface area contributed by atoms with E-state index < -0.39 is 0 Å². The zero-order valence-corrected chi connectivity index (χ0v) is 10.9. The fourth-order valence-corrected chi connectivity index (χ4v) is 3.08. The second-order valence-corrected chi connectivity index (χ2v) is 5.39. The number of likely N-dealkylation sites (tertiary alicyclic amines) is 1. The van der Waals surface area contributed by atoms with Crippen LogP contribution < -0.4 is 5.32 Å². The van der Waals surface area contributed by atoms with Gasteiger partial charge in [0.1, 0.15) is 4.88 Å². The molecule has 2 rings (SSSR count). The van der Waals surface area contributed by atoms with Crippen LogP contribution in [0.2, 0.25) is 0 Å². The Kier molecular flexibility index (Phi) is 3.43. The summed E-state index contributed by atoms with van der Waals surface area (Å²) >= 11 is 4.83. The molecule has 1 aromatic heterocycles. The molecule has 2 heterocycles. The molecule has 0 saturated carbocycles. The van der Waals surface area contributed by atoms with Crippen molar-refractivity contribution >= 4 is 33.2 Å². The second kappa shape index (κ2) is 4.63. The monoisotopic (exact) mass is 288 g/mol. The molecular formula is C10H13BrN2OS. The van der Waals surface area contributed by atoms with Crippen molar-refractivity contribution < 1.29 is 4.79 Å². The van der Waals surface area contributed by atoms with Crippen LogP contribution in [0.25, 0.3) is 0 Å². The highest BCUT2D eigenvalue weighted by Crippen LogP contribution is 2.22. The molecule has 1 aromatic rings. The first-order valence-electron chi connectivity index (χ1n) is 4.97. The minimum atomic E-state index is 0.0395. The van der Waals surface area contributed by atoms with Crippen molar-refractivity contribution in [3.63, 3.8) is 0 Å². The smallest absolute Gasteiger partial charge is 0.262 e. The van der Waals surface area contributed by atoms with E-state index in [1.54, 1.807) is 0 Å². The summed E-state index contributed by atoms with van der Waals surface area (Å²) in [6, 6.07) is 2.23. The van der Waals surface area contributed by atoms with E-state index in [2.05, 4.69) is 33.1 Å². The van der Waals surface area contributed by atoms with Crippen molar-refractivity contribution in [2.75, 3.05) is 19.6 Å². The molecule has 1 fully saturated rings. The van der Waals surface area contributed by atoms with E-state index in [9.17, 15) is 4.79 Å². The molecule has 0 atom stereocenters. The van der Waals surface area contributed by atoms with Gasteiger partial charge in [0, 0.05) is 17.6 Å². The Balaban J connectivity index is 1.87. The Bertz CT molecular complexity index is 360. The number of thiophene rings is 1. The fourth-order valence-electron chi connectivity index (χ4n) is 1.63. The molecule has 0 aromatic carbocycles. The zero-order chi connectivity index (χ0) is 10.8. The van der Waals surface area contributed by atoms with E-state index in [-0.39, 0.29) is 5.91 Å². The summed E-state index contributed by atoms with van der Waals surface area (Å²) in [5, 5.41) is 4.94. The normalized spacial score (nSPS) is 17.5. The average Bonchev–Trinajstić information content (AvgIpc) is 2.56. The van der Waals surface area contributed by atoms with E-state index in [1.807, 2.05) is 11.4 Å². The first kappa shape index (κ1) is 11.1. The summed E-state index contributed by atoms with van der Waals surface area (Å²) in [4.78, 5) is 14.8. The largest absolute Gasteiger partial charge is 0.346 e. The summed E-state index contributed by atoms with van der Waals surface area (Å²) in [6.07, 6.45) is 0. The fraction of sp³-hybridized carbons (Fsp3) is 0.500. The van der Waals surface area contributed by atoms with Crippen LogP contribution in [0, 0.1) is 0 Å². The molecule has 1 aliphatic rings. The van der Waals surface area contributed by atoms with Crippen molar-refractivity contribution in [2.45, 2.75) is 13.0 Å². The number of nitrogens with zero attached hydrogens (tertiary/aromatic N) is 1. The minimum Gasteiger partial charge on any atom is -0.346 e. The van der Waals surface area contributed by atoms with Crippen LogP contribution in [0.5, 0.6) is 0 Å². The summed E-state index contributed by atoms with van der Waals surface area (Å²) in [6.45, 7) is 5.15. The molecular weight excluding hydrogens is 276 g/mol. The molecule has 1 amide bonds. The van der Waals surface area contributed by atoms with Crippen LogP contribution in [-0.2, 0) is 0 Å². The molecule has 0 aliphatic carbocycles. The predicted molar refractivity (Wildman–Crippen MR) is 65.4 cm³/mol. The lowest BCUT2D eigenvalue weighted by molar-refractivity contribution is 0.0828. The number of hydrogen-bond donors (Lipinski definition) is 1. The topological polar surface area (TPSA) is 32.3 Å². The zero-order valence-electron chi connectivity index (χ0n) is 8.50. The van der Waals surface area contributed by atoms with Crippen LogP contribution in [0.3, 0.4) is 0 Å². The van der Waals surface area contributed by atoms with Crippen molar-refractivity contribution in [2.24, 2.45) is 0 Å². The highest BCUT2D eigenvalue weighted by Gasteiger charge is 2.27. The van der Waals surface area contributed by atoms with Crippen LogP contribution in [0.1, 0.15) is 16.6 Å². The number of rotatable bonds is 3. The molecule has 0 spiro atoms. The van der Waals surface area contributed by atoms with Crippen LogP contribution in [-0.4, -0.2) is 36.5 Å². The maximum Gasteiger partial charge on any atom is 0.262 e.